The lowest BCUT2D eigenvalue weighted by Crippen LogP contribution is -2.39. The summed E-state index contributed by atoms with van der Waals surface area (Å²) in [5.41, 5.74) is 0. The molecule has 1 saturated heterocycles. The Morgan fingerprint density at radius 2 is 2.50 bits per heavy atom. The molecule has 0 radical (unpaired) electrons. The quantitative estimate of drug-likeness (QED) is 0.629. The summed E-state index contributed by atoms with van der Waals surface area (Å²) in [6.07, 6.45) is -0.484. The molecule has 0 aromatic heterocycles. The molecule has 0 aromatic rings. The Balaban J connectivity index is 2.09. The summed E-state index contributed by atoms with van der Waals surface area (Å²) in [5, 5.41) is 2.54. The summed E-state index contributed by atoms with van der Waals surface area (Å²) in [7, 11) is 1.33. The molecule has 1 heterocycles. The van der Waals surface area contributed by atoms with Gasteiger partial charge in [0, 0.05) is 6.54 Å². The number of ether oxygens (including phenoxy) is 3. The van der Waals surface area contributed by atoms with Gasteiger partial charge in [0.25, 0.3) is 0 Å². The van der Waals surface area contributed by atoms with Crippen molar-refractivity contribution in [2.45, 2.75) is 6.10 Å². The Kier molecular flexibility index (Phi) is 3.83. The lowest BCUT2D eigenvalue weighted by atomic mass is 10.3. The van der Waals surface area contributed by atoms with Crippen molar-refractivity contribution >= 4 is 6.09 Å². The largest absolute Gasteiger partial charge is 0.453 e. The maximum Gasteiger partial charge on any atom is 0.406 e. The maximum atomic E-state index is 10.6. The van der Waals surface area contributed by atoms with E-state index in [0.29, 0.717) is 26.4 Å². The third-order valence-corrected chi connectivity index (χ3v) is 1.54. The second kappa shape index (κ2) is 4.95. The number of amides is 1. The Labute approximate surface area is 71.0 Å². The molecule has 1 amide bonds. The predicted octanol–water partition coefficient (Wildman–Crippen LogP) is -0.242. The van der Waals surface area contributed by atoms with E-state index in [1.54, 1.807) is 0 Å². The van der Waals surface area contributed by atoms with Gasteiger partial charge in [-0.05, 0) is 0 Å². The second-order valence-corrected chi connectivity index (χ2v) is 2.44. The molecule has 1 aliphatic rings. The van der Waals surface area contributed by atoms with Crippen LogP contribution in [0.15, 0.2) is 0 Å². The van der Waals surface area contributed by atoms with E-state index in [9.17, 15) is 4.79 Å². The maximum absolute atomic E-state index is 10.6. The van der Waals surface area contributed by atoms with Gasteiger partial charge in [-0.2, -0.15) is 0 Å². The van der Waals surface area contributed by atoms with Crippen molar-refractivity contribution in [3.05, 3.63) is 0 Å². The fourth-order valence-corrected chi connectivity index (χ4v) is 0.924. The highest BCUT2D eigenvalue weighted by Crippen LogP contribution is 1.98. The van der Waals surface area contributed by atoms with Gasteiger partial charge in [0.15, 0.2) is 0 Å². The van der Waals surface area contributed by atoms with Crippen LogP contribution in [-0.2, 0) is 14.2 Å². The van der Waals surface area contributed by atoms with Gasteiger partial charge in [-0.3, -0.25) is 0 Å². The number of hydrogen-bond donors (Lipinski definition) is 1. The fourth-order valence-electron chi connectivity index (χ4n) is 0.924. The molecule has 1 unspecified atom stereocenters. The van der Waals surface area contributed by atoms with Crippen molar-refractivity contribution in [2.24, 2.45) is 0 Å². The number of nitrogens with one attached hydrogen (secondary N) is 1. The molecule has 1 fully saturated rings. The third kappa shape index (κ3) is 3.06. The van der Waals surface area contributed by atoms with E-state index in [1.165, 1.54) is 7.11 Å². The first-order chi connectivity index (χ1) is 5.83. The molecule has 70 valence electrons. The standard InChI is InChI=1S/C7H13NO4/c1-10-7(9)8-4-6-5-11-2-3-12-6/h6H,2-5H2,1H3,(H,8,9). The van der Waals surface area contributed by atoms with Crippen molar-refractivity contribution in [3.8, 4) is 0 Å². The zero-order valence-electron chi connectivity index (χ0n) is 7.04. The number of carbonyl (C=O) groups is 1. The minimum atomic E-state index is -0.441. The zero-order chi connectivity index (χ0) is 8.81. The molecule has 0 aliphatic carbocycles. The van der Waals surface area contributed by atoms with Crippen LogP contribution in [0.3, 0.4) is 0 Å². The van der Waals surface area contributed by atoms with E-state index in [1.807, 2.05) is 0 Å². The number of carbonyl (C=O) groups excluding carboxylic acids is 1. The van der Waals surface area contributed by atoms with Gasteiger partial charge in [-0.15, -0.1) is 0 Å². The number of alkyl carbamates (subject to hydrolysis) is 1. The molecule has 12 heavy (non-hydrogen) atoms. The highest BCUT2D eigenvalue weighted by Gasteiger charge is 2.14. The van der Waals surface area contributed by atoms with E-state index in [-0.39, 0.29) is 6.10 Å². The van der Waals surface area contributed by atoms with Gasteiger partial charge >= 0.3 is 6.09 Å². The second-order valence-electron chi connectivity index (χ2n) is 2.44. The SMILES string of the molecule is COC(=O)NCC1COCCO1. The van der Waals surface area contributed by atoms with Crippen LogP contribution >= 0.6 is 0 Å². The minimum Gasteiger partial charge on any atom is -0.453 e. The molecule has 0 spiro atoms. The first-order valence-electron chi connectivity index (χ1n) is 3.84. The monoisotopic (exact) mass is 175 g/mol. The van der Waals surface area contributed by atoms with Gasteiger partial charge in [0.1, 0.15) is 0 Å². The summed E-state index contributed by atoms with van der Waals surface area (Å²) in [6, 6.07) is 0. The molecular formula is C7H13NO4. The molecule has 0 bridgehead atoms. The van der Waals surface area contributed by atoms with Crippen molar-refractivity contribution in [2.75, 3.05) is 33.5 Å². The summed E-state index contributed by atoms with van der Waals surface area (Å²) < 4.78 is 14.8. The highest BCUT2D eigenvalue weighted by molar-refractivity contribution is 5.66. The minimum absolute atomic E-state index is 0.0437. The molecule has 0 aromatic carbocycles. The van der Waals surface area contributed by atoms with Gasteiger partial charge in [0.05, 0.1) is 33.0 Å². The van der Waals surface area contributed by atoms with Crippen LogP contribution in [0.25, 0.3) is 0 Å². The molecule has 1 N–H and O–H groups in total. The molecule has 5 nitrogen and oxygen atoms in total. The van der Waals surface area contributed by atoms with Crippen molar-refractivity contribution in [1.82, 2.24) is 5.32 Å². The van der Waals surface area contributed by atoms with Crippen LogP contribution in [0.5, 0.6) is 0 Å². The van der Waals surface area contributed by atoms with Crippen LogP contribution in [-0.4, -0.2) is 45.7 Å². The van der Waals surface area contributed by atoms with Gasteiger partial charge in [-0.25, -0.2) is 4.79 Å². The van der Waals surface area contributed by atoms with E-state index >= 15 is 0 Å². The lowest BCUT2D eigenvalue weighted by Gasteiger charge is -2.22. The molecular weight excluding hydrogens is 162 g/mol. The Morgan fingerprint density at radius 3 is 3.08 bits per heavy atom. The van der Waals surface area contributed by atoms with Gasteiger partial charge < -0.3 is 19.5 Å². The van der Waals surface area contributed by atoms with Crippen LogP contribution in [0.2, 0.25) is 0 Å². The summed E-state index contributed by atoms with van der Waals surface area (Å²) in [6.45, 7) is 2.19. The molecule has 1 atom stereocenters. The van der Waals surface area contributed by atoms with Crippen LogP contribution in [0.1, 0.15) is 0 Å². The van der Waals surface area contributed by atoms with Crippen molar-refractivity contribution in [3.63, 3.8) is 0 Å². The predicted molar refractivity (Wildman–Crippen MR) is 41.0 cm³/mol. The lowest BCUT2D eigenvalue weighted by molar-refractivity contribution is -0.0858. The number of rotatable bonds is 2. The Hall–Kier alpha value is -0.810. The van der Waals surface area contributed by atoms with E-state index < -0.39 is 6.09 Å². The summed E-state index contributed by atoms with van der Waals surface area (Å²) in [5.74, 6) is 0. The zero-order valence-corrected chi connectivity index (χ0v) is 7.04. The normalized spacial score (nSPS) is 23.2. The highest BCUT2D eigenvalue weighted by atomic mass is 16.6. The summed E-state index contributed by atoms with van der Waals surface area (Å²) >= 11 is 0. The van der Waals surface area contributed by atoms with E-state index in [0.717, 1.165) is 0 Å². The summed E-state index contributed by atoms with van der Waals surface area (Å²) in [4.78, 5) is 10.6. The van der Waals surface area contributed by atoms with E-state index in [4.69, 9.17) is 9.47 Å². The van der Waals surface area contributed by atoms with Crippen molar-refractivity contribution in [1.29, 1.82) is 0 Å². The smallest absolute Gasteiger partial charge is 0.406 e. The number of methoxy groups -OCH3 is 1. The van der Waals surface area contributed by atoms with Crippen molar-refractivity contribution < 1.29 is 19.0 Å². The number of hydrogen-bond acceptors (Lipinski definition) is 4. The Bertz CT molecular complexity index is 144. The van der Waals surface area contributed by atoms with Gasteiger partial charge in [-0.1, -0.05) is 0 Å². The molecule has 1 aliphatic heterocycles. The average Bonchev–Trinajstić information content (AvgIpc) is 2.16. The van der Waals surface area contributed by atoms with Crippen LogP contribution < -0.4 is 5.32 Å². The van der Waals surface area contributed by atoms with Gasteiger partial charge in [0.2, 0.25) is 0 Å². The molecule has 5 heteroatoms. The van der Waals surface area contributed by atoms with E-state index in [2.05, 4.69) is 10.1 Å². The first-order valence-corrected chi connectivity index (χ1v) is 3.84. The third-order valence-electron chi connectivity index (χ3n) is 1.54. The first kappa shape index (κ1) is 9.28. The average molecular weight is 175 g/mol. The molecule has 1 rings (SSSR count). The van der Waals surface area contributed by atoms with Crippen LogP contribution in [0.4, 0.5) is 4.79 Å². The fraction of sp³-hybridized carbons (Fsp3) is 0.857. The molecule has 0 saturated carbocycles. The topological polar surface area (TPSA) is 56.8 Å². The van der Waals surface area contributed by atoms with Crippen LogP contribution in [0, 0.1) is 0 Å². The Morgan fingerprint density at radius 1 is 1.67 bits per heavy atom.